The maximum atomic E-state index is 12.1. The molecule has 1 saturated heterocycles. The van der Waals surface area contributed by atoms with Crippen molar-refractivity contribution >= 4 is 11.6 Å². The quantitative estimate of drug-likeness (QED) is 0.906. The fraction of sp³-hybridized carbons (Fsp3) is 0.562. The van der Waals surface area contributed by atoms with Crippen molar-refractivity contribution in [2.24, 2.45) is 5.92 Å². The van der Waals surface area contributed by atoms with Gasteiger partial charge < -0.3 is 10.2 Å². The molecule has 3 heteroatoms. The average molecular weight is 260 g/mol. The maximum absolute atomic E-state index is 12.1. The molecule has 104 valence electrons. The molecule has 0 atom stereocenters. The van der Waals surface area contributed by atoms with Gasteiger partial charge >= 0.3 is 0 Å². The number of anilines is 1. The molecule has 1 fully saturated rings. The largest absolute Gasteiger partial charge is 0.376 e. The van der Waals surface area contributed by atoms with Crippen molar-refractivity contribution in [3.63, 3.8) is 0 Å². The van der Waals surface area contributed by atoms with E-state index in [9.17, 15) is 4.79 Å². The highest BCUT2D eigenvalue weighted by Crippen LogP contribution is 2.19. The lowest BCUT2D eigenvalue weighted by molar-refractivity contribution is -0.130. The van der Waals surface area contributed by atoms with Gasteiger partial charge in [0.15, 0.2) is 0 Å². The first-order chi connectivity index (χ1) is 9.08. The number of carbonyl (C=O) groups is 1. The van der Waals surface area contributed by atoms with Gasteiger partial charge in [-0.1, -0.05) is 19.1 Å². The van der Waals surface area contributed by atoms with Crippen LogP contribution in [0.3, 0.4) is 0 Å². The number of likely N-dealkylation sites (tertiary alicyclic amines) is 1. The van der Waals surface area contributed by atoms with E-state index < -0.39 is 0 Å². The average Bonchev–Trinajstić information content (AvgIpc) is 2.41. The van der Waals surface area contributed by atoms with Crippen LogP contribution in [0.15, 0.2) is 18.2 Å². The topological polar surface area (TPSA) is 32.3 Å². The van der Waals surface area contributed by atoms with Crippen molar-refractivity contribution in [3.05, 3.63) is 29.3 Å². The van der Waals surface area contributed by atoms with E-state index in [2.05, 4.69) is 32.2 Å². The van der Waals surface area contributed by atoms with E-state index in [1.54, 1.807) is 0 Å². The molecular formula is C16H24N2O. The minimum absolute atomic E-state index is 0.216. The second-order valence-corrected chi connectivity index (χ2v) is 5.66. The molecule has 1 aliphatic heterocycles. The Kier molecular flexibility index (Phi) is 4.46. The van der Waals surface area contributed by atoms with E-state index >= 15 is 0 Å². The van der Waals surface area contributed by atoms with E-state index in [-0.39, 0.29) is 5.91 Å². The molecule has 0 aliphatic carbocycles. The van der Waals surface area contributed by atoms with Gasteiger partial charge in [-0.2, -0.15) is 0 Å². The van der Waals surface area contributed by atoms with E-state index in [0.717, 1.165) is 37.5 Å². The summed E-state index contributed by atoms with van der Waals surface area (Å²) in [5.41, 5.74) is 3.55. The van der Waals surface area contributed by atoms with Gasteiger partial charge in [0.05, 0.1) is 6.54 Å². The number of carbonyl (C=O) groups excluding carboxylic acids is 1. The molecule has 1 heterocycles. The Morgan fingerprint density at radius 1 is 1.32 bits per heavy atom. The molecule has 19 heavy (non-hydrogen) atoms. The number of nitrogens with one attached hydrogen (secondary N) is 1. The predicted octanol–water partition coefficient (Wildman–Crippen LogP) is 2.97. The number of amides is 1. The van der Waals surface area contributed by atoms with Crippen LogP contribution in [-0.4, -0.2) is 30.4 Å². The van der Waals surface area contributed by atoms with E-state index in [1.807, 2.05) is 17.0 Å². The second-order valence-electron chi connectivity index (χ2n) is 5.66. The van der Waals surface area contributed by atoms with Crippen LogP contribution in [0, 0.1) is 19.8 Å². The number of rotatable bonds is 3. The molecule has 0 spiro atoms. The highest BCUT2D eigenvalue weighted by atomic mass is 16.2. The highest BCUT2D eigenvalue weighted by molar-refractivity contribution is 5.81. The summed E-state index contributed by atoms with van der Waals surface area (Å²) in [6.45, 7) is 8.66. The highest BCUT2D eigenvalue weighted by Gasteiger charge is 2.19. The number of hydrogen-bond acceptors (Lipinski definition) is 2. The van der Waals surface area contributed by atoms with Crippen LogP contribution in [0.25, 0.3) is 0 Å². The van der Waals surface area contributed by atoms with Crippen LogP contribution in [0.4, 0.5) is 5.69 Å². The van der Waals surface area contributed by atoms with Gasteiger partial charge in [-0.15, -0.1) is 0 Å². The van der Waals surface area contributed by atoms with Gasteiger partial charge in [-0.3, -0.25) is 4.79 Å². The molecule has 0 radical (unpaired) electrons. The summed E-state index contributed by atoms with van der Waals surface area (Å²) < 4.78 is 0. The second kappa shape index (κ2) is 6.09. The van der Waals surface area contributed by atoms with Crippen molar-refractivity contribution in [1.29, 1.82) is 0 Å². The van der Waals surface area contributed by atoms with Gasteiger partial charge in [0, 0.05) is 18.8 Å². The Morgan fingerprint density at radius 2 is 2.00 bits per heavy atom. The molecule has 0 bridgehead atoms. The summed E-state index contributed by atoms with van der Waals surface area (Å²) in [5.74, 6) is 0.976. The van der Waals surface area contributed by atoms with Crippen LogP contribution < -0.4 is 5.32 Å². The molecule has 3 nitrogen and oxygen atoms in total. The summed E-state index contributed by atoms with van der Waals surface area (Å²) >= 11 is 0. The van der Waals surface area contributed by atoms with Crippen LogP contribution in [0.1, 0.15) is 30.9 Å². The van der Waals surface area contributed by atoms with Gasteiger partial charge in [0.2, 0.25) is 5.91 Å². The Morgan fingerprint density at radius 3 is 2.68 bits per heavy atom. The van der Waals surface area contributed by atoms with Crippen LogP contribution in [0.5, 0.6) is 0 Å². The molecule has 1 aromatic rings. The first-order valence-electron chi connectivity index (χ1n) is 7.16. The third kappa shape index (κ3) is 3.49. The minimum Gasteiger partial charge on any atom is -0.376 e. The number of aryl methyl sites for hydroxylation is 1. The minimum atomic E-state index is 0.216. The standard InChI is InChI=1S/C16H24N2O/c1-12-7-9-18(10-8-12)16(19)11-17-15-6-4-5-13(2)14(15)3/h4-6,12,17H,7-11H2,1-3H3. The van der Waals surface area contributed by atoms with Gasteiger partial charge in [0.25, 0.3) is 0 Å². The van der Waals surface area contributed by atoms with E-state index in [0.29, 0.717) is 6.54 Å². The molecule has 1 aliphatic rings. The van der Waals surface area contributed by atoms with Crippen LogP contribution >= 0.6 is 0 Å². The lowest BCUT2D eigenvalue weighted by Crippen LogP contribution is -2.40. The number of benzene rings is 1. The van der Waals surface area contributed by atoms with Crippen molar-refractivity contribution in [3.8, 4) is 0 Å². The summed E-state index contributed by atoms with van der Waals surface area (Å²) in [6, 6.07) is 6.15. The Hall–Kier alpha value is -1.51. The third-order valence-corrected chi connectivity index (χ3v) is 4.17. The summed E-state index contributed by atoms with van der Waals surface area (Å²) in [5, 5.41) is 3.27. The number of piperidine rings is 1. The maximum Gasteiger partial charge on any atom is 0.241 e. The first kappa shape index (κ1) is 13.9. The third-order valence-electron chi connectivity index (χ3n) is 4.17. The molecule has 0 unspecified atom stereocenters. The van der Waals surface area contributed by atoms with Gasteiger partial charge in [-0.25, -0.2) is 0 Å². The Balaban J connectivity index is 1.88. The fourth-order valence-electron chi connectivity index (χ4n) is 2.48. The van der Waals surface area contributed by atoms with Crippen molar-refractivity contribution < 1.29 is 4.79 Å². The summed E-state index contributed by atoms with van der Waals surface area (Å²) in [7, 11) is 0. The first-order valence-corrected chi connectivity index (χ1v) is 7.16. The smallest absolute Gasteiger partial charge is 0.241 e. The zero-order chi connectivity index (χ0) is 13.8. The zero-order valence-corrected chi connectivity index (χ0v) is 12.2. The monoisotopic (exact) mass is 260 g/mol. The van der Waals surface area contributed by atoms with Crippen molar-refractivity contribution in [2.75, 3.05) is 25.0 Å². The molecular weight excluding hydrogens is 236 g/mol. The predicted molar refractivity (Wildman–Crippen MR) is 79.4 cm³/mol. The Bertz CT molecular complexity index is 448. The molecule has 0 aromatic heterocycles. The SMILES string of the molecule is Cc1cccc(NCC(=O)N2CCC(C)CC2)c1C. The van der Waals surface area contributed by atoms with Crippen molar-refractivity contribution in [2.45, 2.75) is 33.6 Å². The summed E-state index contributed by atoms with van der Waals surface area (Å²) in [4.78, 5) is 14.1. The lowest BCUT2D eigenvalue weighted by Gasteiger charge is -2.30. The van der Waals surface area contributed by atoms with Gasteiger partial charge in [-0.05, 0) is 49.8 Å². The van der Waals surface area contributed by atoms with E-state index in [4.69, 9.17) is 0 Å². The molecule has 2 rings (SSSR count). The normalized spacial score (nSPS) is 16.5. The molecule has 1 aromatic carbocycles. The molecule has 1 amide bonds. The van der Waals surface area contributed by atoms with Crippen LogP contribution in [0.2, 0.25) is 0 Å². The zero-order valence-electron chi connectivity index (χ0n) is 12.2. The van der Waals surface area contributed by atoms with E-state index in [1.165, 1.54) is 11.1 Å². The number of hydrogen-bond donors (Lipinski definition) is 1. The van der Waals surface area contributed by atoms with Gasteiger partial charge in [0.1, 0.15) is 0 Å². The lowest BCUT2D eigenvalue weighted by atomic mass is 9.99. The summed E-state index contributed by atoms with van der Waals surface area (Å²) in [6.07, 6.45) is 2.27. The number of nitrogens with zero attached hydrogens (tertiary/aromatic N) is 1. The van der Waals surface area contributed by atoms with Crippen molar-refractivity contribution in [1.82, 2.24) is 4.90 Å². The fourth-order valence-corrected chi connectivity index (χ4v) is 2.48. The van der Waals surface area contributed by atoms with Crippen LogP contribution in [-0.2, 0) is 4.79 Å². The Labute approximate surface area is 116 Å². The molecule has 1 N–H and O–H groups in total. The molecule has 0 saturated carbocycles.